The van der Waals surface area contributed by atoms with Crippen LogP contribution in [0.4, 0.5) is 4.79 Å². The average molecular weight is 965 g/mol. The Morgan fingerprint density at radius 1 is 0.647 bits per heavy atom. The molecule has 0 heterocycles. The van der Waals surface area contributed by atoms with E-state index in [1.807, 2.05) is 25.1 Å². The smallest absolute Gasteiger partial charge is 0.326 e. The number of ketones is 2. The zero-order valence-electron chi connectivity index (χ0n) is 38.1. The lowest BCUT2D eigenvalue weighted by Crippen LogP contribution is -2.51. The summed E-state index contributed by atoms with van der Waals surface area (Å²) in [5, 5.41) is 48.0. The highest BCUT2D eigenvalue weighted by molar-refractivity contribution is 6.30. The highest BCUT2D eigenvalue weighted by Crippen LogP contribution is 2.20. The molecule has 0 spiro atoms. The number of carboxylic acids is 3. The number of carbonyl (C=O) groups excluding carboxylic acids is 6. The SMILES string of the molecule is CCCCNC(=O)[C@@H](CC(=O)[C@H](Cc1ccccc1)NC(=O)CCC(=O)CCC(=O)N(CCCC[C@H](NC(=O)N[C@@H](CCC(=O)O)C(=O)O)C(=O)O)Cc1cccc(Cl)c1)Cc1ccc(O)cc1. The maximum absolute atomic E-state index is 14.0. The molecule has 0 unspecified atom stereocenters. The molecule has 19 heteroatoms. The van der Waals surface area contributed by atoms with Crippen molar-refractivity contribution < 1.29 is 63.6 Å². The topological polar surface area (TPSA) is 286 Å². The molecule has 0 fully saturated rings. The number of phenols is 1. The van der Waals surface area contributed by atoms with E-state index in [1.54, 1.807) is 48.5 Å². The Morgan fingerprint density at radius 3 is 1.91 bits per heavy atom. The molecule has 0 radical (unpaired) electrons. The number of rotatable bonds is 32. The lowest BCUT2D eigenvalue weighted by Gasteiger charge is -2.24. The summed E-state index contributed by atoms with van der Waals surface area (Å²) < 4.78 is 0. The van der Waals surface area contributed by atoms with E-state index in [4.69, 9.17) is 16.7 Å². The standard InChI is InChI=1S/C49H62ClN5O13/c1-2-3-25-51-46(63)35(27-33-15-17-37(56)18-16-33)30-42(58)41(29-32-10-5-4-6-11-32)52-43(59)22-19-38(57)20-23-44(60)55(31-34-12-9-13-36(50)28-34)26-8-7-14-39(47(64)65)53-49(68)54-40(48(66)67)21-24-45(61)62/h4-6,9-13,15-18,28,35,39-41,56H,2-3,7-8,14,19-27,29-31H2,1H3,(H,51,63)(H,52,59)(H,61,62)(H,64,65)(H,66,67)(H2,53,54,68)/t35-,39+,40+,41+/m1/s1. The first-order chi connectivity index (χ1) is 32.4. The number of benzene rings is 3. The zero-order valence-corrected chi connectivity index (χ0v) is 38.9. The van der Waals surface area contributed by atoms with Gasteiger partial charge in [0.25, 0.3) is 0 Å². The molecule has 18 nitrogen and oxygen atoms in total. The van der Waals surface area contributed by atoms with Crippen molar-refractivity contribution in [2.24, 2.45) is 5.92 Å². The van der Waals surface area contributed by atoms with Crippen molar-refractivity contribution in [3.8, 4) is 5.75 Å². The van der Waals surface area contributed by atoms with Gasteiger partial charge in [-0.15, -0.1) is 0 Å². The number of unbranched alkanes of at least 4 members (excludes halogenated alkanes) is 2. The second-order valence-corrected chi connectivity index (χ2v) is 16.9. The van der Waals surface area contributed by atoms with E-state index in [-0.39, 0.29) is 101 Å². The molecule has 0 aliphatic rings. The molecule has 8 N–H and O–H groups in total. The number of nitrogens with zero attached hydrogens (tertiary/aromatic N) is 1. The summed E-state index contributed by atoms with van der Waals surface area (Å²) in [6.45, 7) is 2.67. The van der Waals surface area contributed by atoms with Gasteiger partial charge in [-0.1, -0.05) is 79.5 Å². The molecule has 0 aliphatic carbocycles. The number of nitrogens with one attached hydrogen (secondary N) is 4. The van der Waals surface area contributed by atoms with Gasteiger partial charge in [-0.2, -0.15) is 0 Å². The molecule has 0 saturated carbocycles. The highest BCUT2D eigenvalue weighted by Gasteiger charge is 2.29. The van der Waals surface area contributed by atoms with Crippen molar-refractivity contribution in [1.29, 1.82) is 0 Å². The minimum atomic E-state index is -1.56. The van der Waals surface area contributed by atoms with Crippen LogP contribution in [0.5, 0.6) is 5.75 Å². The van der Waals surface area contributed by atoms with E-state index < -0.39 is 72.6 Å². The van der Waals surface area contributed by atoms with E-state index in [0.717, 1.165) is 24.0 Å². The average Bonchev–Trinajstić information content (AvgIpc) is 3.29. The number of urea groups is 1. The van der Waals surface area contributed by atoms with E-state index in [0.29, 0.717) is 17.1 Å². The van der Waals surface area contributed by atoms with E-state index in [1.165, 1.54) is 17.0 Å². The maximum atomic E-state index is 14.0. The number of halogens is 1. The predicted molar refractivity (Wildman–Crippen MR) is 250 cm³/mol. The minimum Gasteiger partial charge on any atom is -0.508 e. The van der Waals surface area contributed by atoms with Gasteiger partial charge >= 0.3 is 23.9 Å². The van der Waals surface area contributed by atoms with Crippen LogP contribution in [0.2, 0.25) is 5.02 Å². The summed E-state index contributed by atoms with van der Waals surface area (Å²) in [4.78, 5) is 116. The Balaban J connectivity index is 1.61. The summed E-state index contributed by atoms with van der Waals surface area (Å²) in [5.41, 5.74) is 2.21. The van der Waals surface area contributed by atoms with Gasteiger partial charge in [0.15, 0.2) is 5.78 Å². The molecule has 68 heavy (non-hydrogen) atoms. The van der Waals surface area contributed by atoms with E-state index in [2.05, 4.69) is 21.3 Å². The summed E-state index contributed by atoms with van der Waals surface area (Å²) in [6.07, 6.45) is 0.356. The van der Waals surface area contributed by atoms with Crippen molar-refractivity contribution in [1.82, 2.24) is 26.2 Å². The van der Waals surface area contributed by atoms with Crippen molar-refractivity contribution in [2.45, 2.75) is 121 Å². The highest BCUT2D eigenvalue weighted by atomic mass is 35.5. The number of hydrogen-bond donors (Lipinski definition) is 8. The van der Waals surface area contributed by atoms with Crippen LogP contribution in [0.25, 0.3) is 0 Å². The van der Waals surface area contributed by atoms with Crippen LogP contribution < -0.4 is 21.3 Å². The van der Waals surface area contributed by atoms with Crippen molar-refractivity contribution in [3.63, 3.8) is 0 Å². The largest absolute Gasteiger partial charge is 0.508 e. The first kappa shape index (κ1) is 55.5. The monoisotopic (exact) mass is 963 g/mol. The van der Waals surface area contributed by atoms with Gasteiger partial charge in [0.1, 0.15) is 23.6 Å². The van der Waals surface area contributed by atoms with E-state index in [9.17, 15) is 58.5 Å². The quantitative estimate of drug-likeness (QED) is 0.0374. The fourth-order valence-corrected chi connectivity index (χ4v) is 7.39. The van der Waals surface area contributed by atoms with Crippen LogP contribution in [0, 0.1) is 5.92 Å². The Hall–Kier alpha value is -6.82. The van der Waals surface area contributed by atoms with Gasteiger partial charge in [-0.25, -0.2) is 14.4 Å². The Morgan fingerprint density at radius 2 is 1.28 bits per heavy atom. The minimum absolute atomic E-state index is 0.0635. The molecule has 0 aliphatic heterocycles. The number of Topliss-reactive ketones (excluding diaryl/α,β-unsaturated/α-hetero) is 2. The Bertz CT molecular complexity index is 2170. The van der Waals surface area contributed by atoms with Crippen LogP contribution in [-0.4, -0.2) is 110 Å². The summed E-state index contributed by atoms with van der Waals surface area (Å²) >= 11 is 6.19. The lowest BCUT2D eigenvalue weighted by atomic mass is 9.89. The van der Waals surface area contributed by atoms with Crippen LogP contribution in [-0.2, 0) is 57.7 Å². The molecular formula is C49H62ClN5O13. The summed E-state index contributed by atoms with van der Waals surface area (Å²) in [6, 6.07) is 17.1. The molecule has 0 aromatic heterocycles. The molecule has 0 saturated heterocycles. The fourth-order valence-electron chi connectivity index (χ4n) is 7.18. The number of hydrogen-bond acceptors (Lipinski definition) is 10. The van der Waals surface area contributed by atoms with Crippen molar-refractivity contribution in [2.75, 3.05) is 13.1 Å². The molecule has 0 bridgehead atoms. The predicted octanol–water partition coefficient (Wildman–Crippen LogP) is 5.21. The first-order valence-electron chi connectivity index (χ1n) is 22.6. The first-order valence-corrected chi connectivity index (χ1v) is 23.0. The van der Waals surface area contributed by atoms with Crippen LogP contribution in [0.1, 0.15) is 101 Å². The third kappa shape index (κ3) is 21.7. The van der Waals surface area contributed by atoms with E-state index >= 15 is 0 Å². The van der Waals surface area contributed by atoms with Crippen molar-refractivity contribution >= 4 is 64.8 Å². The molecule has 3 aromatic rings. The molecule has 4 atom stereocenters. The molecule has 3 rings (SSSR count). The third-order valence-electron chi connectivity index (χ3n) is 11.0. The normalized spacial score (nSPS) is 12.6. The van der Waals surface area contributed by atoms with Gasteiger partial charge in [0.05, 0.1) is 6.04 Å². The Labute approximate surface area is 400 Å². The summed E-state index contributed by atoms with van der Waals surface area (Å²) in [5.74, 6) is -6.85. The van der Waals surface area contributed by atoms with Gasteiger partial charge in [0.2, 0.25) is 17.7 Å². The number of aromatic hydroxyl groups is 1. The fraction of sp³-hybridized carbons (Fsp3) is 0.449. The van der Waals surface area contributed by atoms with Crippen LogP contribution in [0.15, 0.2) is 78.9 Å². The summed E-state index contributed by atoms with van der Waals surface area (Å²) in [7, 11) is 0. The maximum Gasteiger partial charge on any atom is 0.326 e. The van der Waals surface area contributed by atoms with Gasteiger partial charge < -0.3 is 46.6 Å². The molecule has 368 valence electrons. The lowest BCUT2D eigenvalue weighted by molar-refractivity contribution is -0.141. The third-order valence-corrected chi connectivity index (χ3v) is 11.2. The number of amides is 5. The number of carbonyl (C=O) groups is 9. The molecular weight excluding hydrogens is 902 g/mol. The number of phenolic OH excluding ortho intramolecular Hbond substituents is 1. The second kappa shape index (κ2) is 29.7. The Kier molecular flexibility index (Phi) is 24.3. The molecule has 5 amide bonds. The van der Waals surface area contributed by atoms with Gasteiger partial charge in [-0.3, -0.25) is 28.8 Å². The van der Waals surface area contributed by atoms with Gasteiger partial charge in [-0.05, 0) is 85.9 Å². The zero-order chi connectivity index (χ0) is 50.0. The van der Waals surface area contributed by atoms with Crippen LogP contribution >= 0.6 is 11.6 Å². The van der Waals surface area contributed by atoms with Crippen molar-refractivity contribution in [3.05, 3.63) is 101 Å². The second-order valence-electron chi connectivity index (χ2n) is 16.5. The number of carboxylic acid groups (broad SMARTS) is 3. The van der Waals surface area contributed by atoms with Gasteiger partial charge in [0, 0.05) is 69.1 Å². The van der Waals surface area contributed by atoms with Crippen LogP contribution in [0.3, 0.4) is 0 Å². The number of aliphatic carboxylic acids is 3. The molecule has 3 aromatic carbocycles.